The third-order valence-electron chi connectivity index (χ3n) is 4.80. The second-order valence-electron chi connectivity index (χ2n) is 6.13. The van der Waals surface area contributed by atoms with Crippen LogP contribution in [0.3, 0.4) is 0 Å². The maximum absolute atomic E-state index is 13.0. The summed E-state index contributed by atoms with van der Waals surface area (Å²) in [6, 6.07) is 0. The first-order valence-corrected chi connectivity index (χ1v) is 8.22. The van der Waals surface area contributed by atoms with Crippen LogP contribution in [0.4, 0.5) is 0 Å². The molecule has 0 aromatic carbocycles. The molecule has 0 saturated carbocycles. The van der Waals surface area contributed by atoms with Gasteiger partial charge in [0.2, 0.25) is 5.91 Å². The number of carbonyl (C=O) groups excluding carboxylic acids is 3. The van der Waals surface area contributed by atoms with Crippen molar-refractivity contribution in [3.8, 4) is 0 Å². The van der Waals surface area contributed by atoms with Gasteiger partial charge in [-0.25, -0.2) is 0 Å². The highest BCUT2D eigenvalue weighted by molar-refractivity contribution is 5.91. The lowest BCUT2D eigenvalue weighted by molar-refractivity contribution is -0.163. The van der Waals surface area contributed by atoms with Gasteiger partial charge in [-0.3, -0.25) is 14.4 Å². The molecule has 0 radical (unpaired) electrons. The fraction of sp³-hybridized carbons (Fsp3) is 0.706. The highest BCUT2D eigenvalue weighted by Gasteiger charge is 2.47. The highest BCUT2D eigenvalue weighted by atomic mass is 16.5. The molecule has 0 spiro atoms. The Balaban J connectivity index is 2.36. The van der Waals surface area contributed by atoms with Crippen LogP contribution in [-0.4, -0.2) is 57.2 Å². The summed E-state index contributed by atoms with van der Waals surface area (Å²) in [6.07, 6.45) is 4.86. The quantitative estimate of drug-likeness (QED) is 0.714. The van der Waals surface area contributed by atoms with Crippen molar-refractivity contribution in [2.75, 3.05) is 34.4 Å². The second-order valence-corrected chi connectivity index (χ2v) is 6.13. The summed E-state index contributed by atoms with van der Waals surface area (Å²) < 4.78 is 15.0. The van der Waals surface area contributed by atoms with Crippen LogP contribution in [0.25, 0.3) is 0 Å². The molecule has 1 fully saturated rings. The van der Waals surface area contributed by atoms with E-state index >= 15 is 0 Å². The lowest BCUT2D eigenvalue weighted by Gasteiger charge is -2.36. The van der Waals surface area contributed by atoms with E-state index in [-0.39, 0.29) is 12.3 Å². The summed E-state index contributed by atoms with van der Waals surface area (Å²) in [4.78, 5) is 39.2. The number of hydrogen-bond donors (Lipinski definition) is 0. The van der Waals surface area contributed by atoms with Crippen LogP contribution in [0, 0.1) is 17.8 Å². The topological polar surface area (TPSA) is 82.1 Å². The normalized spacial score (nSPS) is 27.0. The number of hydrogen-bond acceptors (Lipinski definition) is 6. The molecule has 0 aromatic rings. The minimum atomic E-state index is -0.893. The highest BCUT2D eigenvalue weighted by Crippen LogP contribution is 2.37. The van der Waals surface area contributed by atoms with Crippen molar-refractivity contribution >= 4 is 17.8 Å². The largest absolute Gasteiger partial charge is 0.501 e. The van der Waals surface area contributed by atoms with Crippen molar-refractivity contribution in [3.63, 3.8) is 0 Å². The molecule has 1 aliphatic carbocycles. The fourth-order valence-corrected chi connectivity index (χ4v) is 3.50. The molecule has 0 N–H and O–H groups in total. The Morgan fingerprint density at radius 1 is 1.00 bits per heavy atom. The van der Waals surface area contributed by atoms with E-state index in [1.807, 2.05) is 0 Å². The summed E-state index contributed by atoms with van der Waals surface area (Å²) in [5, 5.41) is 0. The van der Waals surface area contributed by atoms with Crippen molar-refractivity contribution in [2.24, 2.45) is 17.8 Å². The van der Waals surface area contributed by atoms with Gasteiger partial charge in [0.15, 0.2) is 0 Å². The van der Waals surface area contributed by atoms with Gasteiger partial charge in [-0.15, -0.1) is 0 Å². The van der Waals surface area contributed by atoms with Crippen molar-refractivity contribution in [1.29, 1.82) is 0 Å². The molecule has 2 aliphatic rings. The summed E-state index contributed by atoms with van der Waals surface area (Å²) in [5.41, 5.74) is 0. The molecule has 7 heteroatoms. The Labute approximate surface area is 141 Å². The van der Waals surface area contributed by atoms with Crippen LogP contribution >= 0.6 is 0 Å². The average molecular weight is 339 g/mol. The first kappa shape index (κ1) is 18.3. The van der Waals surface area contributed by atoms with Gasteiger partial charge in [-0.1, -0.05) is 0 Å². The maximum atomic E-state index is 13.0. The summed E-state index contributed by atoms with van der Waals surface area (Å²) in [7, 11) is 4.01. The van der Waals surface area contributed by atoms with Crippen LogP contribution < -0.4 is 0 Å². The van der Waals surface area contributed by atoms with E-state index in [1.54, 1.807) is 11.0 Å². The number of methoxy groups -OCH3 is 3. The summed E-state index contributed by atoms with van der Waals surface area (Å²) in [5.74, 6) is -3.22. The molecular formula is C17H25NO6. The van der Waals surface area contributed by atoms with Gasteiger partial charge in [-0.05, 0) is 25.3 Å². The average Bonchev–Trinajstić information content (AvgIpc) is 2.65. The lowest BCUT2D eigenvalue weighted by Crippen LogP contribution is -2.48. The van der Waals surface area contributed by atoms with E-state index in [0.717, 1.165) is 19.3 Å². The third-order valence-corrected chi connectivity index (χ3v) is 4.80. The SMILES string of the molecule is COC(=O)[C@@H]1[C@@H](C(=O)N2CCCCC2)C=C(OC)C[C@H]1C(=O)OC. The van der Waals surface area contributed by atoms with Crippen LogP contribution in [0.1, 0.15) is 25.7 Å². The Morgan fingerprint density at radius 3 is 2.17 bits per heavy atom. The van der Waals surface area contributed by atoms with Crippen LogP contribution in [-0.2, 0) is 28.6 Å². The first-order chi connectivity index (χ1) is 11.5. The van der Waals surface area contributed by atoms with E-state index in [4.69, 9.17) is 14.2 Å². The molecule has 7 nitrogen and oxygen atoms in total. The third kappa shape index (κ3) is 3.71. The molecule has 1 aliphatic heterocycles. The predicted molar refractivity (Wildman–Crippen MR) is 84.6 cm³/mol. The standard InChI is InChI=1S/C17H25NO6/c1-22-11-9-12(15(19)18-7-5-4-6-8-18)14(17(21)24-3)13(10-11)16(20)23-2/h9,12-14H,4-8,10H2,1-3H3/t12-,13+,14+/m0/s1. The van der Waals surface area contributed by atoms with Gasteiger partial charge in [0, 0.05) is 19.5 Å². The number of carbonyl (C=O) groups is 3. The molecule has 1 heterocycles. The van der Waals surface area contributed by atoms with E-state index in [9.17, 15) is 14.4 Å². The van der Waals surface area contributed by atoms with Crippen LogP contribution in [0.5, 0.6) is 0 Å². The lowest BCUT2D eigenvalue weighted by atomic mass is 9.74. The van der Waals surface area contributed by atoms with Crippen molar-refractivity contribution in [1.82, 2.24) is 4.90 Å². The predicted octanol–water partition coefficient (Wildman–Crippen LogP) is 1.13. The molecule has 1 saturated heterocycles. The van der Waals surface area contributed by atoms with Crippen LogP contribution in [0.15, 0.2) is 11.8 Å². The van der Waals surface area contributed by atoms with Gasteiger partial charge >= 0.3 is 11.9 Å². The molecule has 3 atom stereocenters. The monoisotopic (exact) mass is 339 g/mol. The Morgan fingerprint density at radius 2 is 1.62 bits per heavy atom. The molecule has 134 valence electrons. The van der Waals surface area contributed by atoms with E-state index in [1.165, 1.54) is 21.3 Å². The minimum Gasteiger partial charge on any atom is -0.501 e. The zero-order valence-corrected chi connectivity index (χ0v) is 14.4. The number of nitrogens with zero attached hydrogens (tertiary/aromatic N) is 1. The van der Waals surface area contributed by atoms with Crippen molar-refractivity contribution in [3.05, 3.63) is 11.8 Å². The number of allylic oxidation sites excluding steroid dienone is 1. The van der Waals surface area contributed by atoms with Crippen molar-refractivity contribution in [2.45, 2.75) is 25.7 Å². The zero-order valence-electron chi connectivity index (χ0n) is 14.4. The smallest absolute Gasteiger partial charge is 0.310 e. The summed E-state index contributed by atoms with van der Waals surface area (Å²) in [6.45, 7) is 1.34. The summed E-state index contributed by atoms with van der Waals surface area (Å²) >= 11 is 0. The van der Waals surface area contributed by atoms with Gasteiger partial charge < -0.3 is 19.1 Å². The Bertz CT molecular complexity index is 523. The van der Waals surface area contributed by atoms with Crippen LogP contribution in [0.2, 0.25) is 0 Å². The van der Waals surface area contributed by atoms with E-state index in [2.05, 4.69) is 0 Å². The maximum Gasteiger partial charge on any atom is 0.310 e. The zero-order chi connectivity index (χ0) is 17.7. The molecule has 1 amide bonds. The first-order valence-electron chi connectivity index (χ1n) is 8.22. The molecule has 24 heavy (non-hydrogen) atoms. The second kappa shape index (κ2) is 8.17. The number of rotatable bonds is 4. The fourth-order valence-electron chi connectivity index (χ4n) is 3.50. The van der Waals surface area contributed by atoms with Gasteiger partial charge in [-0.2, -0.15) is 0 Å². The number of piperidine rings is 1. The van der Waals surface area contributed by atoms with E-state index in [0.29, 0.717) is 18.8 Å². The molecular weight excluding hydrogens is 314 g/mol. The van der Waals surface area contributed by atoms with E-state index < -0.39 is 29.7 Å². The molecule has 0 aromatic heterocycles. The molecule has 2 rings (SSSR count). The Kier molecular flexibility index (Phi) is 6.23. The number of ether oxygens (including phenoxy) is 3. The molecule has 0 bridgehead atoms. The minimum absolute atomic E-state index is 0.159. The van der Waals surface area contributed by atoms with Crippen molar-refractivity contribution < 1.29 is 28.6 Å². The number of esters is 2. The number of likely N-dealkylation sites (tertiary alicyclic amines) is 1. The number of amides is 1. The Hall–Kier alpha value is -2.05. The molecule has 0 unspecified atom stereocenters. The van der Waals surface area contributed by atoms with Gasteiger partial charge in [0.1, 0.15) is 0 Å². The van der Waals surface area contributed by atoms with Gasteiger partial charge in [0.05, 0.1) is 44.8 Å². The van der Waals surface area contributed by atoms with Gasteiger partial charge in [0.25, 0.3) is 0 Å².